The predicted molar refractivity (Wildman–Crippen MR) is 71.0 cm³/mol. The molecule has 0 aliphatic carbocycles. The summed E-state index contributed by atoms with van der Waals surface area (Å²) < 4.78 is 0.780. The summed E-state index contributed by atoms with van der Waals surface area (Å²) in [7, 11) is 0. The fourth-order valence-corrected chi connectivity index (χ4v) is 1.75. The van der Waals surface area contributed by atoms with Crippen molar-refractivity contribution in [1.82, 2.24) is 0 Å². The van der Waals surface area contributed by atoms with Gasteiger partial charge in [0.05, 0.1) is 22.4 Å². The van der Waals surface area contributed by atoms with Gasteiger partial charge < -0.3 is 10.4 Å². The molecule has 2 N–H and O–H groups in total. The minimum Gasteiger partial charge on any atom is -0.506 e. The molecule has 0 fully saturated rings. The van der Waals surface area contributed by atoms with E-state index in [1.54, 1.807) is 6.07 Å². The first kappa shape index (κ1) is 12.4. The predicted octanol–water partition coefficient (Wildman–Crippen LogP) is 3.61. The number of para-hydroxylation sites is 1. The fraction of sp³-hybridized carbons (Fsp3) is 0. The number of benzene rings is 2. The number of nitrogens with zero attached hydrogens (tertiary/aromatic N) is 1. The minimum atomic E-state index is -0.561. The summed E-state index contributed by atoms with van der Waals surface area (Å²) in [5.74, 6) is -0.187. The van der Waals surface area contributed by atoms with Crippen LogP contribution in [0.15, 0.2) is 40.9 Å². The second-order valence-corrected chi connectivity index (χ2v) is 4.33. The summed E-state index contributed by atoms with van der Waals surface area (Å²) in [5, 5.41) is 23.2. The Morgan fingerprint density at radius 3 is 2.78 bits per heavy atom. The average Bonchev–Trinajstić information content (AvgIpc) is 2.34. The normalized spacial score (nSPS) is 10.1. The molecule has 2 rings (SSSR count). The maximum atomic E-state index is 10.5. The van der Waals surface area contributed by atoms with Gasteiger partial charge in [-0.2, -0.15) is 0 Å². The summed E-state index contributed by atoms with van der Waals surface area (Å²) in [6.07, 6.45) is 0. The van der Waals surface area contributed by atoms with E-state index in [1.165, 1.54) is 12.1 Å². The number of nitrogens with one attached hydrogen (secondary N) is 1. The summed E-state index contributed by atoms with van der Waals surface area (Å²) in [6, 6.07) is 12.2. The molecule has 5 nitrogen and oxygen atoms in total. The summed E-state index contributed by atoms with van der Waals surface area (Å²) in [4.78, 5) is 9.98. The second kappa shape index (κ2) is 5.05. The molecule has 2 aromatic carbocycles. The van der Waals surface area contributed by atoms with Crippen molar-refractivity contribution < 1.29 is 10.0 Å². The molecule has 0 saturated carbocycles. The summed E-state index contributed by atoms with van der Waals surface area (Å²) in [6.45, 7) is 0. The van der Waals surface area contributed by atoms with Crippen LogP contribution in [0.3, 0.4) is 0 Å². The molecule has 18 heavy (non-hydrogen) atoms. The van der Waals surface area contributed by atoms with Crippen molar-refractivity contribution in [2.45, 2.75) is 0 Å². The number of rotatable bonds is 3. The maximum absolute atomic E-state index is 10.5. The number of nitro groups is 1. The van der Waals surface area contributed by atoms with E-state index in [1.807, 2.05) is 12.1 Å². The minimum absolute atomic E-state index is 0.158. The van der Waals surface area contributed by atoms with Crippen LogP contribution < -0.4 is 5.32 Å². The average molecular weight is 308 g/mol. The molecular weight excluding hydrogens is 300 g/mol. The lowest BCUT2D eigenvalue weighted by Crippen LogP contribution is -1.93. The number of halogens is 1. The molecule has 0 atom stereocenters. The van der Waals surface area contributed by atoms with Crippen molar-refractivity contribution in [2.24, 2.45) is 0 Å². The number of nitro benzene ring substituents is 1. The Morgan fingerprint density at radius 1 is 1.39 bits per heavy atom. The summed E-state index contributed by atoms with van der Waals surface area (Å²) in [5.41, 5.74) is 0.861. The number of aromatic hydroxyl groups is 1. The van der Waals surface area contributed by atoms with Crippen LogP contribution in [-0.4, -0.2) is 10.0 Å². The largest absolute Gasteiger partial charge is 0.506 e. The van der Waals surface area contributed by atoms with E-state index in [-0.39, 0.29) is 11.4 Å². The molecule has 2 aromatic rings. The molecular formula is C12H8BrN2O3. The van der Waals surface area contributed by atoms with E-state index in [4.69, 9.17) is 0 Å². The fourth-order valence-electron chi connectivity index (χ4n) is 1.39. The van der Waals surface area contributed by atoms with Crippen molar-refractivity contribution in [3.63, 3.8) is 0 Å². The monoisotopic (exact) mass is 307 g/mol. The van der Waals surface area contributed by atoms with Crippen molar-refractivity contribution in [1.29, 1.82) is 0 Å². The van der Waals surface area contributed by atoms with Crippen LogP contribution in [0.4, 0.5) is 17.1 Å². The van der Waals surface area contributed by atoms with E-state index in [9.17, 15) is 15.2 Å². The molecule has 91 valence electrons. The number of phenols is 1. The lowest BCUT2D eigenvalue weighted by molar-refractivity contribution is -0.384. The Kier molecular flexibility index (Phi) is 3.47. The summed E-state index contributed by atoms with van der Waals surface area (Å²) >= 11 is 3.33. The molecule has 0 amide bonds. The van der Waals surface area contributed by atoms with Crippen LogP contribution in [0.1, 0.15) is 0 Å². The third-order valence-electron chi connectivity index (χ3n) is 2.26. The van der Waals surface area contributed by atoms with Crippen molar-refractivity contribution in [3.8, 4) is 5.75 Å². The van der Waals surface area contributed by atoms with Crippen LogP contribution >= 0.6 is 15.9 Å². The molecule has 0 heterocycles. The number of anilines is 2. The SMILES string of the molecule is O=[N+]([O-])c1ccc(Nc2[c]cccc2Br)c(O)c1. The Morgan fingerprint density at radius 2 is 2.17 bits per heavy atom. The lowest BCUT2D eigenvalue weighted by atomic mass is 10.2. The third-order valence-corrected chi connectivity index (χ3v) is 2.92. The number of hydrogen-bond acceptors (Lipinski definition) is 4. The third kappa shape index (κ3) is 2.60. The van der Waals surface area contributed by atoms with Crippen LogP contribution in [0.2, 0.25) is 0 Å². The highest BCUT2D eigenvalue weighted by atomic mass is 79.9. The quantitative estimate of drug-likeness (QED) is 0.516. The van der Waals surface area contributed by atoms with Crippen molar-refractivity contribution >= 4 is 33.0 Å². The second-order valence-electron chi connectivity index (χ2n) is 3.48. The molecule has 1 radical (unpaired) electrons. The van der Waals surface area contributed by atoms with Crippen molar-refractivity contribution in [3.05, 3.63) is 57.1 Å². The molecule has 0 spiro atoms. The van der Waals surface area contributed by atoms with Crippen LogP contribution in [-0.2, 0) is 0 Å². The van der Waals surface area contributed by atoms with Crippen LogP contribution in [0.5, 0.6) is 5.75 Å². The number of non-ortho nitro benzene ring substituents is 1. The Balaban J connectivity index is 2.30. The molecule has 0 unspecified atom stereocenters. The smallest absolute Gasteiger partial charge is 0.273 e. The van der Waals surface area contributed by atoms with E-state index in [0.717, 1.165) is 10.5 Å². The van der Waals surface area contributed by atoms with Gasteiger partial charge in [-0.25, -0.2) is 0 Å². The number of hydrogen-bond donors (Lipinski definition) is 2. The van der Waals surface area contributed by atoms with Gasteiger partial charge in [-0.1, -0.05) is 12.1 Å². The van der Waals surface area contributed by atoms with Gasteiger partial charge in [0.1, 0.15) is 5.75 Å². The Hall–Kier alpha value is -2.08. The topological polar surface area (TPSA) is 75.4 Å². The van der Waals surface area contributed by atoms with Crippen LogP contribution in [0, 0.1) is 16.2 Å². The van der Waals surface area contributed by atoms with Gasteiger partial charge in [-0.15, -0.1) is 0 Å². The molecule has 0 saturated heterocycles. The highest BCUT2D eigenvalue weighted by Gasteiger charge is 2.10. The van der Waals surface area contributed by atoms with Gasteiger partial charge in [0.25, 0.3) is 5.69 Å². The first-order valence-electron chi connectivity index (χ1n) is 4.98. The standard InChI is InChI=1S/C12H8BrN2O3/c13-9-3-1-2-4-10(9)14-11-6-5-8(15(17)18)7-12(11)16/h1-3,5-7,14,16H. The van der Waals surface area contributed by atoms with E-state index in [2.05, 4.69) is 27.3 Å². The van der Waals surface area contributed by atoms with E-state index < -0.39 is 4.92 Å². The lowest BCUT2D eigenvalue weighted by Gasteiger charge is -2.09. The van der Waals surface area contributed by atoms with Crippen LogP contribution in [0.25, 0.3) is 0 Å². The Labute approximate surface area is 111 Å². The van der Waals surface area contributed by atoms with Crippen molar-refractivity contribution in [2.75, 3.05) is 5.32 Å². The van der Waals surface area contributed by atoms with E-state index >= 15 is 0 Å². The zero-order valence-corrected chi connectivity index (χ0v) is 10.6. The zero-order valence-electron chi connectivity index (χ0n) is 9.05. The molecule has 0 bridgehead atoms. The van der Waals surface area contributed by atoms with Gasteiger partial charge in [0.2, 0.25) is 0 Å². The molecule has 6 heteroatoms. The molecule has 0 aliphatic rings. The van der Waals surface area contributed by atoms with Gasteiger partial charge in [-0.05, 0) is 28.1 Å². The highest BCUT2D eigenvalue weighted by molar-refractivity contribution is 9.10. The Bertz CT molecular complexity index is 602. The first-order chi connectivity index (χ1) is 8.58. The number of phenolic OH excluding ortho intramolecular Hbond substituents is 1. The molecule has 0 aliphatic heterocycles. The van der Waals surface area contributed by atoms with Gasteiger partial charge in [0.15, 0.2) is 0 Å². The zero-order chi connectivity index (χ0) is 13.1. The first-order valence-corrected chi connectivity index (χ1v) is 5.78. The highest BCUT2D eigenvalue weighted by Crippen LogP contribution is 2.32. The molecule has 0 aromatic heterocycles. The maximum Gasteiger partial charge on any atom is 0.273 e. The van der Waals surface area contributed by atoms with Gasteiger partial charge >= 0.3 is 0 Å². The van der Waals surface area contributed by atoms with E-state index in [0.29, 0.717) is 11.4 Å². The van der Waals surface area contributed by atoms with Gasteiger partial charge in [-0.3, -0.25) is 10.1 Å². The van der Waals surface area contributed by atoms with Gasteiger partial charge in [0, 0.05) is 16.6 Å².